The van der Waals surface area contributed by atoms with Crippen LogP contribution >= 0.6 is 0 Å². The van der Waals surface area contributed by atoms with Crippen LogP contribution in [0, 0.1) is 13.8 Å². The minimum atomic E-state index is 0.408. The number of anilines is 1. The van der Waals surface area contributed by atoms with Crippen LogP contribution in [0.5, 0.6) is 0 Å². The highest BCUT2D eigenvalue weighted by Crippen LogP contribution is 2.26. The second-order valence-corrected chi connectivity index (χ2v) is 4.29. The van der Waals surface area contributed by atoms with Crippen LogP contribution in [0.3, 0.4) is 0 Å². The van der Waals surface area contributed by atoms with Gasteiger partial charge in [0, 0.05) is 25.1 Å². The Kier molecular flexibility index (Phi) is 2.47. The predicted octanol–water partition coefficient (Wildman–Crippen LogP) is 1.44. The molecule has 2 rings (SSSR count). The molecule has 15 heavy (non-hydrogen) atoms. The van der Waals surface area contributed by atoms with Crippen LogP contribution in [0.2, 0.25) is 0 Å². The van der Waals surface area contributed by atoms with Crippen molar-refractivity contribution in [1.29, 1.82) is 0 Å². The molecule has 78 valence electrons. The molecule has 1 aliphatic rings. The van der Waals surface area contributed by atoms with Crippen LogP contribution in [0.1, 0.15) is 11.1 Å². The average molecular weight is 200 g/mol. The van der Waals surface area contributed by atoms with Crippen molar-refractivity contribution >= 4 is 13.5 Å². The largest absolute Gasteiger partial charge is 0.367 e. The third-order valence-corrected chi connectivity index (χ3v) is 3.10. The lowest BCUT2D eigenvalue weighted by Gasteiger charge is -2.28. The molecule has 0 bridgehead atoms. The summed E-state index contributed by atoms with van der Waals surface area (Å²) in [7, 11) is 4.31. The first-order valence-corrected chi connectivity index (χ1v) is 5.35. The molecule has 1 aromatic rings. The van der Waals surface area contributed by atoms with Crippen molar-refractivity contribution in [3.05, 3.63) is 41.7 Å². The monoisotopic (exact) mass is 200 g/mol. The molecule has 0 amide bonds. The van der Waals surface area contributed by atoms with Crippen molar-refractivity contribution in [2.24, 2.45) is 0 Å². The van der Waals surface area contributed by atoms with E-state index < -0.39 is 0 Å². The Morgan fingerprint density at radius 3 is 2.53 bits per heavy atom. The van der Waals surface area contributed by atoms with Gasteiger partial charge < -0.3 is 9.80 Å². The number of rotatable bonds is 1. The molecule has 0 saturated carbocycles. The van der Waals surface area contributed by atoms with E-state index in [-0.39, 0.29) is 0 Å². The first-order chi connectivity index (χ1) is 7.09. The summed E-state index contributed by atoms with van der Waals surface area (Å²) in [5.41, 5.74) is 3.95. The van der Waals surface area contributed by atoms with Gasteiger partial charge in [-0.05, 0) is 31.0 Å². The smallest absolute Gasteiger partial charge is 0.157 e. The highest BCUT2D eigenvalue weighted by molar-refractivity contribution is 6.13. The van der Waals surface area contributed by atoms with Gasteiger partial charge in [-0.15, -0.1) is 0 Å². The number of hydrogen-bond acceptors (Lipinski definition) is 2. The van der Waals surface area contributed by atoms with Crippen molar-refractivity contribution in [2.75, 3.05) is 11.9 Å². The molecule has 1 atom stereocenters. The van der Waals surface area contributed by atoms with Gasteiger partial charge in [0.15, 0.2) is 7.85 Å². The van der Waals surface area contributed by atoms with Gasteiger partial charge in [0.1, 0.15) is 0 Å². The van der Waals surface area contributed by atoms with E-state index in [4.69, 9.17) is 0 Å². The number of hydrogen-bond donors (Lipinski definition) is 0. The number of aryl methyl sites for hydroxylation is 2. The highest BCUT2D eigenvalue weighted by Gasteiger charge is 2.20. The van der Waals surface area contributed by atoms with Gasteiger partial charge in [0.05, 0.1) is 6.07 Å². The Hall–Kier alpha value is -1.38. The van der Waals surface area contributed by atoms with E-state index in [0.717, 1.165) is 0 Å². The van der Waals surface area contributed by atoms with E-state index in [1.54, 1.807) is 0 Å². The maximum atomic E-state index is 2.31. The second kappa shape index (κ2) is 3.65. The molecule has 0 aliphatic carbocycles. The Balaban J connectivity index is 2.38. The van der Waals surface area contributed by atoms with Gasteiger partial charge >= 0.3 is 0 Å². The van der Waals surface area contributed by atoms with Crippen molar-refractivity contribution in [2.45, 2.75) is 19.9 Å². The van der Waals surface area contributed by atoms with Crippen LogP contribution in [0.4, 0.5) is 5.69 Å². The van der Waals surface area contributed by atoms with Crippen molar-refractivity contribution in [3.63, 3.8) is 0 Å². The molecule has 1 aromatic carbocycles. The van der Waals surface area contributed by atoms with Crippen molar-refractivity contribution < 1.29 is 0 Å². The molecule has 1 aliphatic heterocycles. The van der Waals surface area contributed by atoms with Gasteiger partial charge in [-0.2, -0.15) is 0 Å². The lowest BCUT2D eigenvalue weighted by molar-refractivity contribution is 0.452. The van der Waals surface area contributed by atoms with Crippen LogP contribution in [0.25, 0.3) is 0 Å². The Morgan fingerprint density at radius 2 is 1.93 bits per heavy atom. The van der Waals surface area contributed by atoms with Gasteiger partial charge in [-0.3, -0.25) is 0 Å². The second-order valence-electron chi connectivity index (χ2n) is 4.29. The van der Waals surface area contributed by atoms with E-state index in [2.05, 4.69) is 69.1 Å². The molecule has 2 nitrogen and oxygen atoms in total. The zero-order valence-corrected chi connectivity index (χ0v) is 9.86. The predicted molar refractivity (Wildman–Crippen MR) is 67.6 cm³/mol. The third kappa shape index (κ3) is 1.74. The molecule has 0 N–H and O–H groups in total. The van der Waals surface area contributed by atoms with Crippen molar-refractivity contribution in [1.82, 2.24) is 4.90 Å². The molecule has 0 spiro atoms. The normalized spacial score (nSPS) is 20.1. The van der Waals surface area contributed by atoms with Crippen molar-refractivity contribution in [3.8, 4) is 0 Å². The molecular formula is C12H17BN2. The molecular weight excluding hydrogens is 183 g/mol. The molecule has 0 fully saturated rings. The van der Waals surface area contributed by atoms with Crippen LogP contribution in [0.15, 0.2) is 30.6 Å². The molecule has 1 heterocycles. The fourth-order valence-corrected chi connectivity index (χ4v) is 1.90. The highest BCUT2D eigenvalue weighted by atomic mass is 15.4. The third-order valence-electron chi connectivity index (χ3n) is 3.10. The standard InChI is InChI=1S/C12H17BN2/c1-9-4-5-10(2)11(8-9)15-7-6-14(3)12(15)13/h4-8,12H,13H2,1-3H3. The molecule has 3 heteroatoms. The molecule has 0 aromatic heterocycles. The lowest BCUT2D eigenvalue weighted by Crippen LogP contribution is -2.37. The Morgan fingerprint density at radius 1 is 1.20 bits per heavy atom. The summed E-state index contributed by atoms with van der Waals surface area (Å²) in [5.74, 6) is 0. The van der Waals surface area contributed by atoms with E-state index in [9.17, 15) is 0 Å². The minimum absolute atomic E-state index is 0.408. The maximum absolute atomic E-state index is 2.31. The zero-order valence-electron chi connectivity index (χ0n) is 9.86. The van der Waals surface area contributed by atoms with Gasteiger partial charge in [-0.1, -0.05) is 12.1 Å². The van der Waals surface area contributed by atoms with Crippen LogP contribution < -0.4 is 4.90 Å². The first kappa shape index (κ1) is 10.2. The maximum Gasteiger partial charge on any atom is 0.157 e. The molecule has 0 radical (unpaired) electrons. The minimum Gasteiger partial charge on any atom is -0.367 e. The van der Waals surface area contributed by atoms with Gasteiger partial charge in [0.25, 0.3) is 0 Å². The fourth-order valence-electron chi connectivity index (χ4n) is 1.90. The van der Waals surface area contributed by atoms with Crippen LogP contribution in [-0.2, 0) is 0 Å². The summed E-state index contributed by atoms with van der Waals surface area (Å²) >= 11 is 0. The van der Waals surface area contributed by atoms with E-state index in [1.807, 2.05) is 0 Å². The average Bonchev–Trinajstić information content (AvgIpc) is 2.52. The molecule has 0 saturated heterocycles. The summed E-state index contributed by atoms with van der Waals surface area (Å²) in [5, 5.41) is 0. The molecule has 1 unspecified atom stereocenters. The van der Waals surface area contributed by atoms with E-state index >= 15 is 0 Å². The summed E-state index contributed by atoms with van der Waals surface area (Å²) in [4.78, 5) is 4.52. The van der Waals surface area contributed by atoms with E-state index in [0.29, 0.717) is 6.07 Å². The summed E-state index contributed by atoms with van der Waals surface area (Å²) in [6.07, 6.45) is 4.26. The fraction of sp³-hybridized carbons (Fsp3) is 0.333. The van der Waals surface area contributed by atoms with Gasteiger partial charge in [0.2, 0.25) is 0 Å². The van der Waals surface area contributed by atoms with E-state index in [1.165, 1.54) is 16.8 Å². The first-order valence-electron chi connectivity index (χ1n) is 5.35. The number of benzene rings is 1. The summed E-state index contributed by atoms with van der Waals surface area (Å²) in [6.45, 7) is 4.30. The lowest BCUT2D eigenvalue weighted by atomic mass is 10.0. The van der Waals surface area contributed by atoms with Gasteiger partial charge in [-0.25, -0.2) is 0 Å². The zero-order chi connectivity index (χ0) is 11.0. The number of nitrogens with zero attached hydrogens (tertiary/aromatic N) is 2. The quantitative estimate of drug-likeness (QED) is 0.633. The SMILES string of the molecule is BC1N(C)C=CN1c1cc(C)ccc1C. The Bertz CT molecular complexity index is 401. The Labute approximate surface area is 92.6 Å². The summed E-state index contributed by atoms with van der Waals surface area (Å²) in [6, 6.07) is 7.00. The van der Waals surface area contributed by atoms with Crippen LogP contribution in [-0.4, -0.2) is 25.9 Å². The topological polar surface area (TPSA) is 6.48 Å². The summed E-state index contributed by atoms with van der Waals surface area (Å²) < 4.78 is 0.